The van der Waals surface area contributed by atoms with Gasteiger partial charge in [-0.25, -0.2) is 0 Å². The molecule has 120 valence electrons. The number of nitrogens with one attached hydrogen (secondary N) is 1. The first-order valence-electron chi connectivity index (χ1n) is 7.07. The van der Waals surface area contributed by atoms with E-state index in [0.717, 1.165) is 0 Å². The second-order valence-electron chi connectivity index (χ2n) is 4.70. The third kappa shape index (κ3) is 4.00. The van der Waals surface area contributed by atoms with Gasteiger partial charge in [-0.3, -0.25) is 9.59 Å². The standard InChI is InChI=1S/C17H18N2O4/c1-3-23-15-10-12(7-8-14(15)22-2)17(21)19-13-6-4-5-11(9-13)16(18)20/h4-10H,3H2,1-2H3,(H2,18,20)(H,19,21). The van der Waals surface area contributed by atoms with Crippen molar-refractivity contribution in [1.29, 1.82) is 0 Å². The van der Waals surface area contributed by atoms with Gasteiger partial charge in [-0.1, -0.05) is 6.07 Å². The summed E-state index contributed by atoms with van der Waals surface area (Å²) in [6.45, 7) is 2.31. The highest BCUT2D eigenvalue weighted by atomic mass is 16.5. The number of methoxy groups -OCH3 is 1. The number of amides is 2. The maximum Gasteiger partial charge on any atom is 0.255 e. The first kappa shape index (κ1) is 16.4. The van der Waals surface area contributed by atoms with Crippen molar-refractivity contribution in [1.82, 2.24) is 0 Å². The van der Waals surface area contributed by atoms with Crippen molar-refractivity contribution in [3.8, 4) is 11.5 Å². The summed E-state index contributed by atoms with van der Waals surface area (Å²) in [7, 11) is 1.53. The molecule has 0 aliphatic carbocycles. The lowest BCUT2D eigenvalue weighted by molar-refractivity contribution is 0.0996. The van der Waals surface area contributed by atoms with E-state index in [1.54, 1.807) is 36.4 Å². The quantitative estimate of drug-likeness (QED) is 0.857. The predicted octanol–water partition coefficient (Wildman–Crippen LogP) is 2.45. The van der Waals surface area contributed by atoms with Gasteiger partial charge in [-0.15, -0.1) is 0 Å². The molecule has 2 aromatic carbocycles. The molecule has 0 bridgehead atoms. The van der Waals surface area contributed by atoms with Gasteiger partial charge in [0.25, 0.3) is 5.91 Å². The Kier molecular flexibility index (Phi) is 5.19. The van der Waals surface area contributed by atoms with Gasteiger partial charge in [0.15, 0.2) is 11.5 Å². The molecule has 0 aromatic heterocycles. The Morgan fingerprint density at radius 2 is 1.87 bits per heavy atom. The van der Waals surface area contributed by atoms with E-state index in [4.69, 9.17) is 15.2 Å². The van der Waals surface area contributed by atoms with Crippen LogP contribution in [0, 0.1) is 0 Å². The maximum absolute atomic E-state index is 12.3. The van der Waals surface area contributed by atoms with Gasteiger partial charge in [0.1, 0.15) is 0 Å². The zero-order valence-electron chi connectivity index (χ0n) is 13.0. The summed E-state index contributed by atoms with van der Waals surface area (Å²) in [5, 5.41) is 2.72. The molecule has 0 unspecified atom stereocenters. The van der Waals surface area contributed by atoms with Crippen LogP contribution in [-0.2, 0) is 0 Å². The van der Waals surface area contributed by atoms with Crippen molar-refractivity contribution >= 4 is 17.5 Å². The summed E-state index contributed by atoms with van der Waals surface area (Å²) in [5.74, 6) is 0.173. The molecule has 0 aliphatic heterocycles. The topological polar surface area (TPSA) is 90.6 Å². The molecule has 0 aliphatic rings. The van der Waals surface area contributed by atoms with Crippen molar-refractivity contribution in [3.63, 3.8) is 0 Å². The van der Waals surface area contributed by atoms with Crippen LogP contribution < -0.4 is 20.5 Å². The predicted molar refractivity (Wildman–Crippen MR) is 87.1 cm³/mol. The summed E-state index contributed by atoms with van der Waals surface area (Å²) in [6.07, 6.45) is 0. The average molecular weight is 314 g/mol. The number of carbonyl (C=O) groups is 2. The summed E-state index contributed by atoms with van der Waals surface area (Å²) in [4.78, 5) is 23.5. The number of hydrogen-bond donors (Lipinski definition) is 2. The van der Waals surface area contributed by atoms with Gasteiger partial charge in [0, 0.05) is 16.8 Å². The monoisotopic (exact) mass is 314 g/mol. The Morgan fingerprint density at radius 3 is 2.52 bits per heavy atom. The van der Waals surface area contributed by atoms with E-state index >= 15 is 0 Å². The molecule has 0 heterocycles. The summed E-state index contributed by atoms with van der Waals surface area (Å²) >= 11 is 0. The lowest BCUT2D eigenvalue weighted by Crippen LogP contribution is -2.14. The Balaban J connectivity index is 2.22. The Bertz CT molecular complexity index is 728. The number of benzene rings is 2. The minimum absolute atomic E-state index is 0.324. The molecule has 6 nitrogen and oxygen atoms in total. The fourth-order valence-corrected chi connectivity index (χ4v) is 2.04. The molecule has 6 heteroatoms. The van der Waals surface area contributed by atoms with Gasteiger partial charge in [-0.05, 0) is 43.3 Å². The number of carbonyl (C=O) groups excluding carboxylic acids is 2. The third-order valence-electron chi connectivity index (χ3n) is 3.13. The second-order valence-corrected chi connectivity index (χ2v) is 4.70. The Morgan fingerprint density at radius 1 is 1.09 bits per heavy atom. The van der Waals surface area contributed by atoms with Crippen LogP contribution in [0.3, 0.4) is 0 Å². The van der Waals surface area contributed by atoms with E-state index in [9.17, 15) is 9.59 Å². The lowest BCUT2D eigenvalue weighted by atomic mass is 10.1. The molecule has 2 amide bonds. The smallest absolute Gasteiger partial charge is 0.255 e. The van der Waals surface area contributed by atoms with E-state index < -0.39 is 5.91 Å². The van der Waals surface area contributed by atoms with Crippen LogP contribution in [0.4, 0.5) is 5.69 Å². The first-order valence-corrected chi connectivity index (χ1v) is 7.07. The Labute approximate surface area is 134 Å². The van der Waals surface area contributed by atoms with Crippen molar-refractivity contribution < 1.29 is 19.1 Å². The number of hydrogen-bond acceptors (Lipinski definition) is 4. The minimum Gasteiger partial charge on any atom is -0.493 e. The van der Waals surface area contributed by atoms with Gasteiger partial charge < -0.3 is 20.5 Å². The SMILES string of the molecule is CCOc1cc(C(=O)Nc2cccc(C(N)=O)c2)ccc1OC. The van der Waals surface area contributed by atoms with E-state index in [2.05, 4.69) is 5.32 Å². The van der Waals surface area contributed by atoms with E-state index in [1.807, 2.05) is 6.92 Å². The number of ether oxygens (including phenoxy) is 2. The maximum atomic E-state index is 12.3. The van der Waals surface area contributed by atoms with Crippen LogP contribution in [0.1, 0.15) is 27.6 Å². The van der Waals surface area contributed by atoms with Crippen molar-refractivity contribution in [2.24, 2.45) is 5.73 Å². The third-order valence-corrected chi connectivity index (χ3v) is 3.13. The van der Waals surface area contributed by atoms with E-state index in [0.29, 0.717) is 34.9 Å². The molecule has 23 heavy (non-hydrogen) atoms. The number of rotatable bonds is 6. The number of primary amides is 1. The van der Waals surface area contributed by atoms with Gasteiger partial charge in [0.05, 0.1) is 13.7 Å². The van der Waals surface area contributed by atoms with Crippen molar-refractivity contribution in [2.45, 2.75) is 6.92 Å². The minimum atomic E-state index is -0.552. The molecule has 3 N–H and O–H groups in total. The van der Waals surface area contributed by atoms with Crippen molar-refractivity contribution in [2.75, 3.05) is 19.0 Å². The fourth-order valence-electron chi connectivity index (χ4n) is 2.04. The zero-order chi connectivity index (χ0) is 16.8. The van der Waals surface area contributed by atoms with Gasteiger partial charge in [-0.2, -0.15) is 0 Å². The lowest BCUT2D eigenvalue weighted by Gasteiger charge is -2.11. The molecule has 0 saturated carbocycles. The Hall–Kier alpha value is -3.02. The normalized spacial score (nSPS) is 10.0. The summed E-state index contributed by atoms with van der Waals surface area (Å²) in [5.41, 5.74) is 6.46. The fraction of sp³-hybridized carbons (Fsp3) is 0.176. The van der Waals surface area contributed by atoms with E-state index in [1.165, 1.54) is 13.2 Å². The molecule has 0 atom stereocenters. The number of anilines is 1. The molecular weight excluding hydrogens is 296 g/mol. The van der Waals surface area contributed by atoms with Gasteiger partial charge >= 0.3 is 0 Å². The van der Waals surface area contributed by atoms with Crippen LogP contribution in [-0.4, -0.2) is 25.5 Å². The molecule has 2 rings (SSSR count). The highest BCUT2D eigenvalue weighted by Gasteiger charge is 2.12. The number of nitrogens with two attached hydrogens (primary N) is 1. The summed E-state index contributed by atoms with van der Waals surface area (Å²) in [6, 6.07) is 11.3. The van der Waals surface area contributed by atoms with Crippen LogP contribution in [0.15, 0.2) is 42.5 Å². The first-order chi connectivity index (χ1) is 11.0. The van der Waals surface area contributed by atoms with Crippen LogP contribution in [0.25, 0.3) is 0 Å². The molecule has 0 radical (unpaired) electrons. The molecule has 2 aromatic rings. The second kappa shape index (κ2) is 7.31. The highest BCUT2D eigenvalue weighted by Crippen LogP contribution is 2.28. The average Bonchev–Trinajstić information content (AvgIpc) is 2.55. The summed E-state index contributed by atoms with van der Waals surface area (Å²) < 4.78 is 10.6. The van der Waals surface area contributed by atoms with Crippen LogP contribution in [0.2, 0.25) is 0 Å². The molecule has 0 spiro atoms. The largest absolute Gasteiger partial charge is 0.493 e. The van der Waals surface area contributed by atoms with Gasteiger partial charge in [0.2, 0.25) is 5.91 Å². The highest BCUT2D eigenvalue weighted by molar-refractivity contribution is 6.05. The van der Waals surface area contributed by atoms with Crippen molar-refractivity contribution in [3.05, 3.63) is 53.6 Å². The molecule has 0 saturated heterocycles. The van der Waals surface area contributed by atoms with Crippen LogP contribution in [0.5, 0.6) is 11.5 Å². The van der Waals surface area contributed by atoms with Crippen LogP contribution >= 0.6 is 0 Å². The molecule has 0 fully saturated rings. The van der Waals surface area contributed by atoms with E-state index in [-0.39, 0.29) is 5.91 Å². The zero-order valence-corrected chi connectivity index (χ0v) is 13.0. The molecular formula is C17H18N2O4.